The fourth-order valence-electron chi connectivity index (χ4n) is 2.42. The molecule has 0 aromatic carbocycles. The Hall–Kier alpha value is -1.88. The molecule has 1 aromatic rings. The number of piperidine rings is 1. The third kappa shape index (κ3) is 5.85. The second-order valence-electron chi connectivity index (χ2n) is 5.67. The van der Waals surface area contributed by atoms with Gasteiger partial charge in [0.05, 0.1) is 6.26 Å². The summed E-state index contributed by atoms with van der Waals surface area (Å²) in [6.07, 6.45) is -1.36. The van der Waals surface area contributed by atoms with E-state index in [2.05, 4.69) is 15.0 Å². The number of sulfonamides is 1. The summed E-state index contributed by atoms with van der Waals surface area (Å²) in [5.74, 6) is -1.01. The fraction of sp³-hybridized carbons (Fsp3) is 0.571. The van der Waals surface area contributed by atoms with Gasteiger partial charge in [0.15, 0.2) is 6.61 Å². The zero-order valence-electron chi connectivity index (χ0n) is 13.4. The lowest BCUT2D eigenvalue weighted by Gasteiger charge is -2.30. The van der Waals surface area contributed by atoms with Crippen LogP contribution in [0.3, 0.4) is 0 Å². The zero-order valence-corrected chi connectivity index (χ0v) is 14.2. The lowest BCUT2D eigenvalue weighted by molar-refractivity contribution is -0.154. The smallest absolute Gasteiger partial charge is 0.422 e. The molecule has 11 heteroatoms. The molecule has 7 nitrogen and oxygen atoms in total. The Morgan fingerprint density at radius 2 is 2.04 bits per heavy atom. The van der Waals surface area contributed by atoms with Crippen LogP contribution in [-0.4, -0.2) is 61.8 Å². The van der Waals surface area contributed by atoms with Gasteiger partial charge in [-0.25, -0.2) is 17.7 Å². The van der Waals surface area contributed by atoms with Crippen LogP contribution in [0.4, 0.5) is 13.2 Å². The number of carbonyl (C=O) groups excluding carboxylic acids is 1. The largest absolute Gasteiger partial charge is 0.467 e. The minimum absolute atomic E-state index is 0.0997. The van der Waals surface area contributed by atoms with Gasteiger partial charge < -0.3 is 10.1 Å². The molecule has 1 aliphatic rings. The molecule has 1 fully saturated rings. The number of ether oxygens (including phenoxy) is 1. The Bertz CT molecular complexity index is 716. The topological polar surface area (TPSA) is 88.6 Å². The first kappa shape index (κ1) is 19.4. The summed E-state index contributed by atoms with van der Waals surface area (Å²) >= 11 is 0. The summed E-state index contributed by atoms with van der Waals surface area (Å²) in [6, 6.07) is 2.46. The van der Waals surface area contributed by atoms with Crippen molar-refractivity contribution in [3.8, 4) is 5.88 Å². The lowest BCUT2D eigenvalue weighted by Crippen LogP contribution is -2.46. The van der Waals surface area contributed by atoms with Gasteiger partial charge in [-0.3, -0.25) is 4.79 Å². The lowest BCUT2D eigenvalue weighted by atomic mass is 10.1. The Kier molecular flexibility index (Phi) is 5.88. The van der Waals surface area contributed by atoms with E-state index in [0.29, 0.717) is 12.8 Å². The van der Waals surface area contributed by atoms with Crippen molar-refractivity contribution in [3.05, 3.63) is 23.9 Å². The number of halogens is 3. The molecule has 140 valence electrons. The number of nitrogens with one attached hydrogen (secondary N) is 1. The summed E-state index contributed by atoms with van der Waals surface area (Å²) in [7, 11) is -3.27. The summed E-state index contributed by atoms with van der Waals surface area (Å²) < 4.78 is 65.6. The number of rotatable bonds is 5. The number of nitrogens with zero attached hydrogens (tertiary/aromatic N) is 2. The Labute approximate surface area is 143 Å². The van der Waals surface area contributed by atoms with Crippen molar-refractivity contribution in [2.75, 3.05) is 26.0 Å². The number of hydrogen-bond donors (Lipinski definition) is 1. The van der Waals surface area contributed by atoms with Crippen LogP contribution in [0.25, 0.3) is 0 Å². The standard InChI is InChI=1S/C14H18F3N3O4S/c1-25(22,23)20-7-4-10(5-8-20)19-12(21)11-3-2-6-18-13(11)24-9-14(15,16)17/h2-3,6,10H,4-5,7-9H2,1H3,(H,19,21). The third-order valence-electron chi connectivity index (χ3n) is 3.65. The maximum absolute atomic E-state index is 12.3. The monoisotopic (exact) mass is 381 g/mol. The molecular weight excluding hydrogens is 363 g/mol. The molecule has 0 atom stereocenters. The zero-order chi connectivity index (χ0) is 18.7. The second-order valence-corrected chi connectivity index (χ2v) is 7.65. The van der Waals surface area contributed by atoms with Gasteiger partial charge in [-0.1, -0.05) is 0 Å². The highest BCUT2D eigenvalue weighted by Gasteiger charge is 2.30. The van der Waals surface area contributed by atoms with E-state index in [1.165, 1.54) is 22.6 Å². The molecular formula is C14H18F3N3O4S. The molecule has 1 N–H and O–H groups in total. The molecule has 1 amide bonds. The van der Waals surface area contributed by atoms with Crippen molar-refractivity contribution in [2.24, 2.45) is 0 Å². The first-order chi connectivity index (χ1) is 11.6. The van der Waals surface area contributed by atoms with Crippen molar-refractivity contribution in [3.63, 3.8) is 0 Å². The number of pyridine rings is 1. The van der Waals surface area contributed by atoms with Gasteiger partial charge in [0.2, 0.25) is 15.9 Å². The van der Waals surface area contributed by atoms with E-state index in [1.807, 2.05) is 0 Å². The van der Waals surface area contributed by atoms with Crippen molar-refractivity contribution in [1.29, 1.82) is 0 Å². The summed E-state index contributed by atoms with van der Waals surface area (Å²) in [5.41, 5.74) is -0.0997. The Morgan fingerprint density at radius 3 is 2.60 bits per heavy atom. The van der Waals surface area contributed by atoms with Gasteiger partial charge in [-0.05, 0) is 25.0 Å². The molecule has 1 aromatic heterocycles. The number of carbonyl (C=O) groups is 1. The molecule has 0 unspecified atom stereocenters. The quantitative estimate of drug-likeness (QED) is 0.827. The van der Waals surface area contributed by atoms with Crippen LogP contribution in [-0.2, 0) is 10.0 Å². The second kappa shape index (κ2) is 7.56. The highest BCUT2D eigenvalue weighted by Crippen LogP contribution is 2.21. The van der Waals surface area contributed by atoms with E-state index in [0.717, 1.165) is 6.26 Å². The maximum atomic E-state index is 12.3. The normalized spacial score (nSPS) is 17.3. The molecule has 2 heterocycles. The predicted octanol–water partition coefficient (Wildman–Crippen LogP) is 1.18. The van der Waals surface area contributed by atoms with Crippen LogP contribution in [0, 0.1) is 0 Å². The van der Waals surface area contributed by atoms with E-state index in [9.17, 15) is 26.4 Å². The van der Waals surface area contributed by atoms with Crippen LogP contribution >= 0.6 is 0 Å². The van der Waals surface area contributed by atoms with Gasteiger partial charge >= 0.3 is 6.18 Å². The summed E-state index contributed by atoms with van der Waals surface area (Å²) in [5, 5.41) is 2.68. The Balaban J connectivity index is 1.98. The predicted molar refractivity (Wildman–Crippen MR) is 82.7 cm³/mol. The van der Waals surface area contributed by atoms with E-state index in [1.54, 1.807) is 0 Å². The fourth-order valence-corrected chi connectivity index (χ4v) is 3.30. The molecule has 0 radical (unpaired) electrons. The number of hydrogen-bond acceptors (Lipinski definition) is 5. The molecule has 25 heavy (non-hydrogen) atoms. The SMILES string of the molecule is CS(=O)(=O)N1CCC(NC(=O)c2cccnc2OCC(F)(F)F)CC1. The minimum atomic E-state index is -4.54. The van der Waals surface area contributed by atoms with Crippen molar-refractivity contribution in [2.45, 2.75) is 25.1 Å². The van der Waals surface area contributed by atoms with Gasteiger partial charge in [-0.15, -0.1) is 0 Å². The van der Waals surface area contributed by atoms with Crippen molar-refractivity contribution in [1.82, 2.24) is 14.6 Å². The van der Waals surface area contributed by atoms with Crippen LogP contribution in [0.5, 0.6) is 5.88 Å². The molecule has 0 saturated carbocycles. The average Bonchev–Trinajstić information content (AvgIpc) is 2.52. The van der Waals surface area contributed by atoms with E-state index in [4.69, 9.17) is 0 Å². The summed E-state index contributed by atoms with van der Waals surface area (Å²) in [6.45, 7) is -1.00. The van der Waals surface area contributed by atoms with Crippen molar-refractivity contribution < 1.29 is 31.1 Å². The first-order valence-electron chi connectivity index (χ1n) is 7.47. The van der Waals surface area contributed by atoms with Crippen LogP contribution in [0.1, 0.15) is 23.2 Å². The van der Waals surface area contributed by atoms with E-state index in [-0.39, 0.29) is 24.7 Å². The first-order valence-corrected chi connectivity index (χ1v) is 9.31. The van der Waals surface area contributed by atoms with Gasteiger partial charge in [0.1, 0.15) is 5.56 Å². The molecule has 0 bridgehead atoms. The molecule has 1 saturated heterocycles. The molecule has 0 spiro atoms. The average molecular weight is 381 g/mol. The van der Waals surface area contributed by atoms with Crippen molar-refractivity contribution >= 4 is 15.9 Å². The number of amides is 1. The maximum Gasteiger partial charge on any atom is 0.422 e. The Morgan fingerprint density at radius 1 is 1.40 bits per heavy atom. The molecule has 1 aliphatic heterocycles. The minimum Gasteiger partial charge on any atom is -0.467 e. The van der Waals surface area contributed by atoms with E-state index >= 15 is 0 Å². The van der Waals surface area contributed by atoms with Gasteiger partial charge in [-0.2, -0.15) is 13.2 Å². The number of alkyl halides is 3. The van der Waals surface area contributed by atoms with Crippen LogP contribution in [0.15, 0.2) is 18.3 Å². The van der Waals surface area contributed by atoms with Crippen LogP contribution < -0.4 is 10.1 Å². The summed E-state index contributed by atoms with van der Waals surface area (Å²) in [4.78, 5) is 16.0. The van der Waals surface area contributed by atoms with Gasteiger partial charge in [0.25, 0.3) is 5.91 Å². The molecule has 2 rings (SSSR count). The third-order valence-corrected chi connectivity index (χ3v) is 4.95. The highest BCUT2D eigenvalue weighted by molar-refractivity contribution is 7.88. The highest BCUT2D eigenvalue weighted by atomic mass is 32.2. The number of aromatic nitrogens is 1. The molecule has 0 aliphatic carbocycles. The van der Waals surface area contributed by atoms with Crippen LogP contribution in [0.2, 0.25) is 0 Å². The van der Waals surface area contributed by atoms with Gasteiger partial charge in [0, 0.05) is 25.3 Å². The van der Waals surface area contributed by atoms with E-state index < -0.39 is 34.6 Å².